The summed E-state index contributed by atoms with van der Waals surface area (Å²) in [6.07, 6.45) is 10.5. The second-order valence-corrected chi connectivity index (χ2v) is 23.8. The SMILES string of the molecule is CCOc1nc2[nH]cc(F)c2cc1Oc1cc(N2CCC3(CC2)CC(N2CCN(Cc4ccc(OC)cn4)C[C@H]2c2ccccc2C(C)C)C3)ccc1C(=O)NS(=O)(=O)c1cnc(NCC2CCC(C)(O)CC2)c([N+](=O)[O-])c1. The lowest BCUT2D eigenvalue weighted by molar-refractivity contribution is -0.384. The molecule has 0 unspecified atom stereocenters. The van der Waals surface area contributed by atoms with E-state index in [0.29, 0.717) is 44.2 Å². The van der Waals surface area contributed by atoms with Crippen LogP contribution < -0.4 is 29.1 Å². The van der Waals surface area contributed by atoms with Crippen LogP contribution in [0.4, 0.5) is 21.6 Å². The summed E-state index contributed by atoms with van der Waals surface area (Å²) in [5.74, 6) is -0.581. The van der Waals surface area contributed by atoms with Gasteiger partial charge in [-0.2, -0.15) is 4.98 Å². The van der Waals surface area contributed by atoms with Crippen LogP contribution in [0.3, 0.4) is 0 Å². The third-order valence-electron chi connectivity index (χ3n) is 16.5. The van der Waals surface area contributed by atoms with Gasteiger partial charge in [0.25, 0.3) is 21.8 Å². The number of fused-ring (bicyclic) bond motifs is 1. The van der Waals surface area contributed by atoms with Crippen molar-refractivity contribution in [3.63, 3.8) is 0 Å². The van der Waals surface area contributed by atoms with E-state index in [1.807, 2.05) is 12.1 Å². The minimum Gasteiger partial charge on any atom is -0.495 e. The van der Waals surface area contributed by atoms with E-state index in [4.69, 9.17) is 14.2 Å². The molecule has 4 aliphatic rings. The Bertz CT molecular complexity index is 3260. The second-order valence-electron chi connectivity index (χ2n) is 22.1. The molecule has 2 aliphatic heterocycles. The number of carbonyl (C=O) groups is 1. The maximum atomic E-state index is 15.0. The van der Waals surface area contributed by atoms with Gasteiger partial charge in [-0.25, -0.2) is 22.5 Å². The van der Waals surface area contributed by atoms with Gasteiger partial charge < -0.3 is 34.5 Å². The molecule has 6 heterocycles. The van der Waals surface area contributed by atoms with Crippen LogP contribution in [0.15, 0.2) is 90.2 Å². The Morgan fingerprint density at radius 2 is 1.76 bits per heavy atom. The number of anilines is 2. The molecular weight excluding hydrogens is 1020 g/mol. The molecule has 1 amide bonds. The number of nitrogens with zero attached hydrogens (tertiary/aromatic N) is 7. The molecule has 78 heavy (non-hydrogen) atoms. The number of hydrogen-bond acceptors (Lipinski definition) is 16. The summed E-state index contributed by atoms with van der Waals surface area (Å²) >= 11 is 0. The maximum Gasteiger partial charge on any atom is 0.312 e. The maximum absolute atomic E-state index is 15.0. The number of sulfonamides is 1. The summed E-state index contributed by atoms with van der Waals surface area (Å²) in [6, 6.07) is 20.7. The van der Waals surface area contributed by atoms with E-state index < -0.39 is 42.9 Å². The molecule has 6 aromatic rings. The van der Waals surface area contributed by atoms with Gasteiger partial charge in [-0.15, -0.1) is 0 Å². The molecule has 4 N–H and O–H groups in total. The number of aliphatic hydroxyl groups is 1. The second kappa shape index (κ2) is 22.4. The topological polar surface area (TPSA) is 231 Å². The predicted molar refractivity (Wildman–Crippen MR) is 293 cm³/mol. The van der Waals surface area contributed by atoms with E-state index in [2.05, 4.69) is 82.8 Å². The number of methoxy groups -OCH3 is 1. The minimum atomic E-state index is -4.75. The summed E-state index contributed by atoms with van der Waals surface area (Å²) in [7, 11) is -3.10. The molecule has 19 nitrogen and oxygen atoms in total. The van der Waals surface area contributed by atoms with Gasteiger partial charge in [-0.3, -0.25) is 29.7 Å². The third kappa shape index (κ3) is 11.7. The number of piperidine rings is 1. The molecule has 10 rings (SSSR count). The number of aromatic nitrogens is 4. The largest absolute Gasteiger partial charge is 0.495 e. The summed E-state index contributed by atoms with van der Waals surface area (Å²) in [6.45, 7) is 13.6. The standard InChI is InChI=1S/C57H69FN10O9S/c1-6-76-55-51(27-46-47(58)33-62-52(46)63-55)77-50-25-39(12-14-45(50)54(69)64-78(73,74)42-26-48(68(71)72)53(61-32-42)60-30-37-15-17-56(4,70)18-16-37)66-21-19-57(20-22-66)28-40(29-57)67-24-23-65(34-38-11-13-41(75-5)31-59-38)35-49(67)44-10-8-7-9-43(44)36(2)3/h7-14,25-27,31-33,36-37,40,49,70H,6,15-24,28-30,34-35H2,1-5H3,(H,60,61)(H,62,63)(H,64,69)/t37?,49-,56?/m0/s1. The molecule has 2 aromatic carbocycles. The number of nitro groups is 1. The molecule has 1 spiro atoms. The zero-order chi connectivity index (χ0) is 54.9. The Morgan fingerprint density at radius 1 is 0.987 bits per heavy atom. The van der Waals surface area contributed by atoms with Crippen molar-refractivity contribution in [2.45, 2.75) is 114 Å². The molecule has 0 radical (unpaired) electrons. The summed E-state index contributed by atoms with van der Waals surface area (Å²) in [4.78, 5) is 48.7. The molecule has 1 atom stereocenters. The van der Waals surface area contributed by atoms with E-state index in [1.54, 1.807) is 39.3 Å². The Morgan fingerprint density at radius 3 is 2.46 bits per heavy atom. The molecule has 4 aromatic heterocycles. The van der Waals surface area contributed by atoms with Gasteiger partial charge >= 0.3 is 5.69 Å². The van der Waals surface area contributed by atoms with E-state index in [0.717, 1.165) is 101 Å². The number of H-pyrrole nitrogens is 1. The Kier molecular flexibility index (Phi) is 15.6. The van der Waals surface area contributed by atoms with Gasteiger partial charge in [0.15, 0.2) is 5.75 Å². The van der Waals surface area contributed by atoms with E-state index in [-0.39, 0.29) is 63.8 Å². The molecule has 21 heteroatoms. The van der Waals surface area contributed by atoms with Crippen molar-refractivity contribution in [1.82, 2.24) is 34.5 Å². The van der Waals surface area contributed by atoms with Crippen molar-refractivity contribution in [3.8, 4) is 23.1 Å². The van der Waals surface area contributed by atoms with Gasteiger partial charge in [-0.1, -0.05) is 38.1 Å². The van der Waals surface area contributed by atoms with Crippen LogP contribution in [0, 0.1) is 27.3 Å². The number of piperazine rings is 1. The van der Waals surface area contributed by atoms with E-state index >= 15 is 4.39 Å². The number of aromatic amines is 1. The van der Waals surface area contributed by atoms with E-state index in [9.17, 15) is 28.4 Å². The van der Waals surface area contributed by atoms with Gasteiger partial charge in [0.2, 0.25) is 5.82 Å². The van der Waals surface area contributed by atoms with Crippen molar-refractivity contribution in [2.24, 2.45) is 11.3 Å². The number of halogens is 1. The summed E-state index contributed by atoms with van der Waals surface area (Å²) in [5.41, 5.74) is 3.36. The number of pyridine rings is 3. The zero-order valence-corrected chi connectivity index (χ0v) is 45.7. The van der Waals surface area contributed by atoms with Gasteiger partial charge in [0, 0.05) is 88.0 Å². The number of benzene rings is 2. The molecule has 4 fully saturated rings. The van der Waals surface area contributed by atoms with Crippen LogP contribution in [-0.2, 0) is 16.6 Å². The Hall–Kier alpha value is -6.94. The molecular formula is C57H69FN10O9S. The number of ether oxygens (including phenoxy) is 3. The fourth-order valence-electron chi connectivity index (χ4n) is 12.0. The first-order valence-electron chi connectivity index (χ1n) is 27.0. The molecule has 2 saturated heterocycles. The zero-order valence-electron chi connectivity index (χ0n) is 44.8. The van der Waals surface area contributed by atoms with E-state index in [1.165, 1.54) is 23.3 Å². The van der Waals surface area contributed by atoms with Crippen molar-refractivity contribution >= 4 is 44.2 Å². The number of rotatable bonds is 18. The fraction of sp³-hybridized carbons (Fsp3) is 0.474. The predicted octanol–water partition coefficient (Wildman–Crippen LogP) is 9.50. The Balaban J connectivity index is 0.862. The van der Waals surface area contributed by atoms with Crippen molar-refractivity contribution in [1.29, 1.82) is 0 Å². The number of hydrogen-bond donors (Lipinski definition) is 4. The lowest BCUT2D eigenvalue weighted by Gasteiger charge is -2.58. The van der Waals surface area contributed by atoms with Crippen LogP contribution in [0.2, 0.25) is 0 Å². The van der Waals surface area contributed by atoms with Crippen LogP contribution in [-0.4, -0.2) is 119 Å². The average molecular weight is 1090 g/mol. The molecule has 414 valence electrons. The summed E-state index contributed by atoms with van der Waals surface area (Å²) in [5, 5.41) is 25.7. The minimum absolute atomic E-state index is 0.0101. The van der Waals surface area contributed by atoms with Crippen molar-refractivity contribution in [2.75, 3.05) is 63.2 Å². The first kappa shape index (κ1) is 54.4. The van der Waals surface area contributed by atoms with Gasteiger partial charge in [-0.05, 0) is 118 Å². The van der Waals surface area contributed by atoms with Crippen molar-refractivity contribution in [3.05, 3.63) is 124 Å². The quantitative estimate of drug-likeness (QED) is 0.0464. The lowest BCUT2D eigenvalue weighted by atomic mass is 9.59. The molecule has 2 saturated carbocycles. The van der Waals surface area contributed by atoms with Crippen LogP contribution in [0.5, 0.6) is 23.1 Å². The monoisotopic (exact) mass is 1090 g/mol. The van der Waals surface area contributed by atoms with Crippen LogP contribution in [0.1, 0.15) is 118 Å². The smallest absolute Gasteiger partial charge is 0.312 e. The van der Waals surface area contributed by atoms with Gasteiger partial charge in [0.05, 0.1) is 53.3 Å². The first-order chi connectivity index (χ1) is 37.4. The highest BCUT2D eigenvalue weighted by Gasteiger charge is 2.50. The number of amides is 1. The highest BCUT2D eigenvalue weighted by molar-refractivity contribution is 7.90. The first-order valence-corrected chi connectivity index (χ1v) is 28.5. The normalized spacial score (nSPS) is 21.1. The van der Waals surface area contributed by atoms with Crippen LogP contribution >= 0.6 is 0 Å². The highest BCUT2D eigenvalue weighted by atomic mass is 32.2. The van der Waals surface area contributed by atoms with Crippen molar-refractivity contribution < 1.29 is 41.8 Å². The molecule has 0 bridgehead atoms. The summed E-state index contributed by atoms with van der Waals surface area (Å²) < 4.78 is 62.5. The fourth-order valence-corrected chi connectivity index (χ4v) is 12.9. The third-order valence-corrected chi connectivity index (χ3v) is 17.8. The highest BCUT2D eigenvalue weighted by Crippen LogP contribution is 2.53. The van der Waals surface area contributed by atoms with Gasteiger partial charge in [0.1, 0.15) is 27.9 Å². The number of carbonyl (C=O) groups excluding carboxylic acids is 1. The van der Waals surface area contributed by atoms with Crippen LogP contribution in [0.25, 0.3) is 11.0 Å². The number of nitrogens with one attached hydrogen (secondary N) is 3. The Labute approximate surface area is 454 Å². The molecule has 2 aliphatic carbocycles. The average Bonchev–Trinajstić information content (AvgIpc) is 3.86. The lowest BCUT2D eigenvalue weighted by Crippen LogP contribution is -2.60.